The smallest absolute Gasteiger partial charge is 0.531 e. The van der Waals surface area contributed by atoms with Crippen LogP contribution in [0, 0.1) is 5.92 Å². The normalized spacial score (nSPS) is 17.9. The molecule has 0 aliphatic carbocycles. The van der Waals surface area contributed by atoms with Crippen molar-refractivity contribution in [3.63, 3.8) is 0 Å². The number of fused-ring (bicyclic) bond motifs is 3. The molecule has 0 atom stereocenters. The summed E-state index contributed by atoms with van der Waals surface area (Å²) in [5, 5.41) is 12.8. The van der Waals surface area contributed by atoms with Gasteiger partial charge in [0.05, 0.1) is 6.20 Å². The number of allylic oxidation sites excluding steroid dienone is 1. The highest BCUT2D eigenvalue weighted by molar-refractivity contribution is 6.52. The number of carbonyl (C=O) groups is 1. The third-order valence-corrected chi connectivity index (χ3v) is 5.07. The first kappa shape index (κ1) is 18.7. The first-order chi connectivity index (χ1) is 13.3. The summed E-state index contributed by atoms with van der Waals surface area (Å²) in [4.78, 5) is 20.6. The highest BCUT2D eigenvalue weighted by atomic mass is 19.4. The number of pyridine rings is 1. The zero-order valence-electron chi connectivity index (χ0n) is 14.8. The molecule has 0 spiro atoms. The standard InChI is InChI=1S/C17H18BF3N4O3/c19-17(20,21)9-24-16(26)25-5-2-10(3-6-25)12-7-18(27)28-13-8-23-15-11(14(12)13)1-4-22-15/h1,4,7-8,10,27H,2-3,5-6,9H2,(H,22,23)(H,24,26). The van der Waals surface area contributed by atoms with Crippen LogP contribution in [0.15, 0.2) is 24.4 Å². The largest absolute Gasteiger partial charge is 0.552 e. The van der Waals surface area contributed by atoms with Crippen molar-refractivity contribution in [2.45, 2.75) is 19.0 Å². The van der Waals surface area contributed by atoms with Crippen molar-refractivity contribution >= 4 is 29.8 Å². The number of hydrogen-bond donors (Lipinski definition) is 3. The van der Waals surface area contributed by atoms with E-state index in [2.05, 4.69) is 9.97 Å². The number of aromatic nitrogens is 2. The SMILES string of the molecule is O=C(NCC(F)(F)F)N1CCC(C2=CB(O)Oc3cnc4[nH]ccc4c32)CC1. The summed E-state index contributed by atoms with van der Waals surface area (Å²) in [6.45, 7) is -0.676. The van der Waals surface area contributed by atoms with Gasteiger partial charge in [-0.1, -0.05) is 0 Å². The highest BCUT2D eigenvalue weighted by Gasteiger charge is 2.34. The monoisotopic (exact) mass is 394 g/mol. The van der Waals surface area contributed by atoms with Crippen molar-refractivity contribution in [1.29, 1.82) is 0 Å². The summed E-state index contributed by atoms with van der Waals surface area (Å²) in [7, 11) is -1.09. The minimum atomic E-state index is -4.43. The van der Waals surface area contributed by atoms with Crippen molar-refractivity contribution in [3.8, 4) is 5.75 Å². The number of aromatic amines is 1. The summed E-state index contributed by atoms with van der Waals surface area (Å²) in [6, 6.07) is 1.17. The Balaban J connectivity index is 1.49. The van der Waals surface area contributed by atoms with Crippen molar-refractivity contribution in [1.82, 2.24) is 20.2 Å². The molecule has 2 aromatic heterocycles. The number of likely N-dealkylation sites (tertiary alicyclic amines) is 1. The van der Waals surface area contributed by atoms with E-state index in [0.29, 0.717) is 37.3 Å². The number of piperidine rings is 1. The van der Waals surface area contributed by atoms with Gasteiger partial charge in [-0.3, -0.25) is 0 Å². The van der Waals surface area contributed by atoms with Crippen LogP contribution in [-0.2, 0) is 0 Å². The van der Waals surface area contributed by atoms with Crippen LogP contribution in [0.2, 0.25) is 0 Å². The van der Waals surface area contributed by atoms with Crippen molar-refractivity contribution < 1.29 is 27.6 Å². The fourth-order valence-corrected chi connectivity index (χ4v) is 3.80. The maximum atomic E-state index is 12.3. The molecule has 7 nitrogen and oxygen atoms in total. The second kappa shape index (κ2) is 7.04. The second-order valence-corrected chi connectivity index (χ2v) is 6.90. The molecule has 0 saturated carbocycles. The number of hydrogen-bond acceptors (Lipinski definition) is 4. The molecule has 1 fully saturated rings. The van der Waals surface area contributed by atoms with E-state index in [-0.39, 0.29) is 5.92 Å². The Labute approximate surface area is 158 Å². The number of amides is 2. The van der Waals surface area contributed by atoms with Gasteiger partial charge < -0.3 is 24.9 Å². The molecule has 3 N–H and O–H groups in total. The molecule has 2 aliphatic rings. The molecule has 0 unspecified atom stereocenters. The number of nitrogens with one attached hydrogen (secondary N) is 2. The molecule has 4 rings (SSSR count). The predicted molar refractivity (Wildman–Crippen MR) is 96.4 cm³/mol. The maximum Gasteiger partial charge on any atom is 0.552 e. The van der Waals surface area contributed by atoms with E-state index in [0.717, 1.165) is 16.5 Å². The molecule has 0 aromatic carbocycles. The number of urea groups is 1. The Morgan fingerprint density at radius 1 is 1.43 bits per heavy atom. The Morgan fingerprint density at radius 2 is 2.18 bits per heavy atom. The molecule has 0 radical (unpaired) electrons. The lowest BCUT2D eigenvalue weighted by atomic mass is 9.74. The average molecular weight is 394 g/mol. The third-order valence-electron chi connectivity index (χ3n) is 5.07. The van der Waals surface area contributed by atoms with E-state index < -0.39 is 25.9 Å². The number of rotatable bonds is 2. The first-order valence-electron chi connectivity index (χ1n) is 8.94. The zero-order valence-corrected chi connectivity index (χ0v) is 14.8. The van der Waals surface area contributed by atoms with E-state index in [1.54, 1.807) is 18.4 Å². The molecule has 2 amide bonds. The summed E-state index contributed by atoms with van der Waals surface area (Å²) in [5.74, 6) is 2.19. The van der Waals surface area contributed by atoms with Crippen LogP contribution in [0.25, 0.3) is 16.6 Å². The number of H-pyrrole nitrogens is 1. The van der Waals surface area contributed by atoms with Gasteiger partial charge in [0.1, 0.15) is 17.9 Å². The third kappa shape index (κ3) is 3.66. The van der Waals surface area contributed by atoms with Gasteiger partial charge in [-0.25, -0.2) is 9.78 Å². The summed E-state index contributed by atoms with van der Waals surface area (Å²) < 4.78 is 42.3. The molecule has 0 bridgehead atoms. The number of nitrogens with zero attached hydrogens (tertiary/aromatic N) is 2. The van der Waals surface area contributed by atoms with Crippen LogP contribution in [0.1, 0.15) is 18.4 Å². The van der Waals surface area contributed by atoms with Gasteiger partial charge >= 0.3 is 19.3 Å². The maximum absolute atomic E-state index is 12.3. The molecule has 28 heavy (non-hydrogen) atoms. The van der Waals surface area contributed by atoms with Crippen LogP contribution in [0.3, 0.4) is 0 Å². The Hall–Kier alpha value is -2.69. The van der Waals surface area contributed by atoms with Gasteiger partial charge in [0.15, 0.2) is 0 Å². The van der Waals surface area contributed by atoms with E-state index in [9.17, 15) is 23.0 Å². The zero-order chi connectivity index (χ0) is 19.9. The highest BCUT2D eigenvalue weighted by Crippen LogP contribution is 2.42. The Morgan fingerprint density at radius 3 is 2.89 bits per heavy atom. The lowest BCUT2D eigenvalue weighted by Crippen LogP contribution is -2.47. The van der Waals surface area contributed by atoms with Gasteiger partial charge in [-0.05, 0) is 36.4 Å². The Bertz CT molecular complexity index is 922. The minimum absolute atomic E-state index is 0.0458. The van der Waals surface area contributed by atoms with Crippen LogP contribution in [0.5, 0.6) is 5.75 Å². The average Bonchev–Trinajstić information content (AvgIpc) is 3.13. The number of alkyl halides is 3. The molecule has 2 aromatic rings. The molecule has 1 saturated heterocycles. The summed E-state index contributed by atoms with van der Waals surface area (Å²) in [5.41, 5.74) is 2.47. The molecular weight excluding hydrogens is 376 g/mol. The van der Waals surface area contributed by atoms with Gasteiger partial charge in [0.2, 0.25) is 0 Å². The van der Waals surface area contributed by atoms with Gasteiger partial charge in [-0.2, -0.15) is 13.2 Å². The van der Waals surface area contributed by atoms with Crippen LogP contribution in [-0.4, -0.2) is 58.9 Å². The second-order valence-electron chi connectivity index (χ2n) is 6.90. The predicted octanol–water partition coefficient (Wildman–Crippen LogP) is 2.34. The number of halogens is 3. The quantitative estimate of drug-likeness (QED) is 0.683. The summed E-state index contributed by atoms with van der Waals surface area (Å²) >= 11 is 0. The van der Waals surface area contributed by atoms with E-state index in [1.807, 2.05) is 11.4 Å². The number of carbonyl (C=O) groups excluding carboxylic acids is 1. The molecular formula is C17H18BF3N4O3. The van der Waals surface area contributed by atoms with E-state index in [1.165, 1.54) is 4.90 Å². The first-order valence-corrected chi connectivity index (χ1v) is 8.94. The van der Waals surface area contributed by atoms with Crippen molar-refractivity contribution in [3.05, 3.63) is 30.0 Å². The van der Waals surface area contributed by atoms with Crippen LogP contribution in [0.4, 0.5) is 18.0 Å². The van der Waals surface area contributed by atoms with Crippen LogP contribution < -0.4 is 9.97 Å². The van der Waals surface area contributed by atoms with E-state index >= 15 is 0 Å². The van der Waals surface area contributed by atoms with Gasteiger partial charge in [0.25, 0.3) is 0 Å². The van der Waals surface area contributed by atoms with Crippen molar-refractivity contribution in [2.24, 2.45) is 5.92 Å². The lowest BCUT2D eigenvalue weighted by molar-refractivity contribution is -0.123. The fourth-order valence-electron chi connectivity index (χ4n) is 3.80. The minimum Gasteiger partial charge on any atom is -0.531 e. The molecule has 4 heterocycles. The fraction of sp³-hybridized carbons (Fsp3) is 0.412. The van der Waals surface area contributed by atoms with Gasteiger partial charge in [-0.15, -0.1) is 0 Å². The summed E-state index contributed by atoms with van der Waals surface area (Å²) in [6.07, 6.45) is 0.0480. The molecule has 11 heteroatoms. The van der Waals surface area contributed by atoms with Crippen molar-refractivity contribution in [2.75, 3.05) is 19.6 Å². The van der Waals surface area contributed by atoms with Crippen LogP contribution >= 0.6 is 0 Å². The van der Waals surface area contributed by atoms with E-state index in [4.69, 9.17) is 4.65 Å². The topological polar surface area (TPSA) is 90.5 Å². The molecule has 148 valence electrons. The van der Waals surface area contributed by atoms with Gasteiger partial charge in [0, 0.05) is 30.2 Å². The lowest BCUT2D eigenvalue weighted by Gasteiger charge is -2.35. The molecule has 2 aliphatic heterocycles. The Kier molecular flexibility index (Phi) is 4.70.